The molecule has 18 heavy (non-hydrogen) atoms. The third-order valence-corrected chi connectivity index (χ3v) is 7.15. The molecule has 0 amide bonds. The molecule has 1 rings (SSSR count). The van der Waals surface area contributed by atoms with Crippen molar-refractivity contribution < 1.29 is 14.1 Å². The highest BCUT2D eigenvalue weighted by molar-refractivity contribution is 8.57. The van der Waals surface area contributed by atoms with Gasteiger partial charge in [0.1, 0.15) is 6.04 Å². The van der Waals surface area contributed by atoms with E-state index in [-0.39, 0.29) is 6.10 Å². The van der Waals surface area contributed by atoms with Gasteiger partial charge in [-0.25, -0.2) is 9.88 Å². The lowest BCUT2D eigenvalue weighted by molar-refractivity contribution is -0.148. The molecular weight excluding hydrogens is 271 g/mol. The average molecular weight is 292 g/mol. The lowest BCUT2D eigenvalue weighted by Crippen LogP contribution is -2.39. The lowest BCUT2D eigenvalue weighted by Gasteiger charge is -2.31. The normalized spacial score (nSPS) is 26.9. The van der Waals surface area contributed by atoms with Crippen molar-refractivity contribution in [1.29, 1.82) is 0 Å². The van der Waals surface area contributed by atoms with Crippen LogP contribution in [-0.2, 0) is 14.1 Å². The highest BCUT2D eigenvalue weighted by atomic mass is 32.7. The summed E-state index contributed by atoms with van der Waals surface area (Å²) in [7, 11) is 1.92. The minimum atomic E-state index is -2.62. The Balaban J connectivity index is 2.64. The molecule has 104 valence electrons. The van der Waals surface area contributed by atoms with Gasteiger partial charge in [-0.2, -0.15) is 0 Å². The standard InChI is InChI=1S/C11H21N2O3PS/c1-5-10(11(14)16-9(2)3)12-17(15)8-13(4)6-7-18-17/h5,9-10H,1,6-8H2,2-4H3,(H,12,15)/t10-,17?/m0/s1. The van der Waals surface area contributed by atoms with Crippen LogP contribution in [-0.4, -0.2) is 48.6 Å². The van der Waals surface area contributed by atoms with E-state index in [2.05, 4.69) is 11.7 Å². The lowest BCUT2D eigenvalue weighted by atomic mass is 10.3. The molecule has 0 aromatic rings. The summed E-state index contributed by atoms with van der Waals surface area (Å²) in [6.45, 7) is 5.45. The van der Waals surface area contributed by atoms with Crippen LogP contribution < -0.4 is 5.09 Å². The number of hydrogen-bond donors (Lipinski definition) is 1. The molecule has 0 saturated carbocycles. The first-order valence-electron chi connectivity index (χ1n) is 5.89. The highest BCUT2D eigenvalue weighted by Crippen LogP contribution is 2.57. The molecule has 2 atom stereocenters. The Morgan fingerprint density at radius 1 is 1.61 bits per heavy atom. The zero-order chi connectivity index (χ0) is 13.8. The molecule has 0 bridgehead atoms. The summed E-state index contributed by atoms with van der Waals surface area (Å²) in [5.74, 6) is 0.369. The van der Waals surface area contributed by atoms with Crippen LogP contribution in [0, 0.1) is 0 Å². The van der Waals surface area contributed by atoms with E-state index in [1.54, 1.807) is 13.8 Å². The van der Waals surface area contributed by atoms with Crippen molar-refractivity contribution in [2.75, 3.05) is 25.6 Å². The third-order valence-electron chi connectivity index (χ3n) is 2.38. The second-order valence-electron chi connectivity index (χ2n) is 4.56. The molecule has 0 aromatic carbocycles. The smallest absolute Gasteiger partial charge is 0.327 e. The van der Waals surface area contributed by atoms with E-state index >= 15 is 0 Å². The van der Waals surface area contributed by atoms with E-state index in [9.17, 15) is 9.36 Å². The van der Waals surface area contributed by atoms with E-state index in [0.29, 0.717) is 6.29 Å². The Labute approximate surface area is 112 Å². The van der Waals surface area contributed by atoms with Crippen LogP contribution in [0.1, 0.15) is 13.8 Å². The van der Waals surface area contributed by atoms with Crippen LogP contribution >= 0.6 is 17.9 Å². The molecule has 1 N–H and O–H groups in total. The summed E-state index contributed by atoms with van der Waals surface area (Å²) in [6, 6.07) is -0.711. The number of carbonyl (C=O) groups is 1. The van der Waals surface area contributed by atoms with Crippen LogP contribution in [0.15, 0.2) is 12.7 Å². The number of esters is 1. The molecular formula is C11H21N2O3PS. The SMILES string of the molecule is C=C[C@H](NP1(=O)CN(C)CCS1)C(=O)OC(C)C. The molecule has 0 aliphatic carbocycles. The first kappa shape index (κ1) is 15.8. The first-order chi connectivity index (χ1) is 8.36. The van der Waals surface area contributed by atoms with Crippen molar-refractivity contribution in [3.05, 3.63) is 12.7 Å². The van der Waals surface area contributed by atoms with Gasteiger partial charge < -0.3 is 4.74 Å². The summed E-state index contributed by atoms with van der Waals surface area (Å²) in [6.07, 6.45) is 1.71. The van der Waals surface area contributed by atoms with E-state index in [4.69, 9.17) is 4.74 Å². The van der Waals surface area contributed by atoms with Gasteiger partial charge in [-0.05, 0) is 20.9 Å². The molecule has 0 aromatic heterocycles. The first-order valence-corrected chi connectivity index (χ1v) is 9.37. The fourth-order valence-corrected chi connectivity index (χ4v) is 6.44. The van der Waals surface area contributed by atoms with E-state index in [1.165, 1.54) is 17.5 Å². The van der Waals surface area contributed by atoms with Crippen molar-refractivity contribution in [2.24, 2.45) is 0 Å². The van der Waals surface area contributed by atoms with Gasteiger partial charge >= 0.3 is 5.97 Å². The summed E-state index contributed by atoms with van der Waals surface area (Å²) in [5, 5.41) is 2.90. The number of rotatable bonds is 5. The summed E-state index contributed by atoms with van der Waals surface area (Å²) in [5.41, 5.74) is 0. The quantitative estimate of drug-likeness (QED) is 0.474. The Morgan fingerprint density at radius 2 is 2.28 bits per heavy atom. The molecule has 1 aliphatic rings. The van der Waals surface area contributed by atoms with Crippen LogP contribution in [0.2, 0.25) is 0 Å². The van der Waals surface area contributed by atoms with Crippen molar-refractivity contribution >= 4 is 23.8 Å². The maximum Gasteiger partial charge on any atom is 0.327 e. The number of nitrogens with one attached hydrogen (secondary N) is 1. The zero-order valence-electron chi connectivity index (χ0n) is 11.1. The topological polar surface area (TPSA) is 58.6 Å². The summed E-state index contributed by atoms with van der Waals surface area (Å²) in [4.78, 5) is 13.8. The molecule has 0 radical (unpaired) electrons. The minimum absolute atomic E-state index is 0.190. The van der Waals surface area contributed by atoms with Gasteiger partial charge in [0, 0.05) is 12.3 Å². The zero-order valence-corrected chi connectivity index (χ0v) is 12.8. The Bertz CT molecular complexity index is 362. The van der Waals surface area contributed by atoms with Gasteiger partial charge in [-0.15, -0.1) is 6.58 Å². The summed E-state index contributed by atoms with van der Waals surface area (Å²) >= 11 is 1.40. The van der Waals surface area contributed by atoms with Gasteiger partial charge in [0.25, 0.3) is 0 Å². The molecule has 1 unspecified atom stereocenters. The van der Waals surface area contributed by atoms with Crippen LogP contribution in [0.4, 0.5) is 0 Å². The predicted octanol–water partition coefficient (Wildman–Crippen LogP) is 1.91. The minimum Gasteiger partial charge on any atom is -0.462 e. The number of nitrogens with zero attached hydrogens (tertiary/aromatic N) is 1. The maximum atomic E-state index is 12.6. The van der Waals surface area contributed by atoms with Gasteiger partial charge in [0.2, 0.25) is 6.49 Å². The summed E-state index contributed by atoms with van der Waals surface area (Å²) < 4.78 is 17.7. The van der Waals surface area contributed by atoms with Crippen LogP contribution in [0.5, 0.6) is 0 Å². The van der Waals surface area contributed by atoms with Gasteiger partial charge in [0.05, 0.1) is 12.4 Å². The fourth-order valence-electron chi connectivity index (χ4n) is 1.57. The molecule has 1 heterocycles. The molecule has 1 saturated heterocycles. The molecule has 0 spiro atoms. The third kappa shape index (κ3) is 4.76. The predicted molar refractivity (Wildman–Crippen MR) is 75.9 cm³/mol. The van der Waals surface area contributed by atoms with Crippen LogP contribution in [0.3, 0.4) is 0 Å². The fraction of sp³-hybridized carbons (Fsp3) is 0.727. The molecule has 7 heteroatoms. The Morgan fingerprint density at radius 3 is 2.78 bits per heavy atom. The molecule has 5 nitrogen and oxygen atoms in total. The maximum absolute atomic E-state index is 12.6. The van der Waals surface area contributed by atoms with Gasteiger partial charge in [-0.1, -0.05) is 17.5 Å². The Kier molecular flexibility index (Phi) is 5.92. The second kappa shape index (κ2) is 6.75. The van der Waals surface area contributed by atoms with E-state index in [1.807, 2.05) is 11.9 Å². The number of carbonyl (C=O) groups excluding carboxylic acids is 1. The van der Waals surface area contributed by atoms with Crippen LogP contribution in [0.25, 0.3) is 0 Å². The average Bonchev–Trinajstić information content (AvgIpc) is 2.24. The van der Waals surface area contributed by atoms with Crippen molar-refractivity contribution in [3.63, 3.8) is 0 Å². The number of hydrogen-bond acceptors (Lipinski definition) is 5. The van der Waals surface area contributed by atoms with E-state index in [0.717, 1.165) is 12.3 Å². The monoisotopic (exact) mass is 292 g/mol. The van der Waals surface area contributed by atoms with E-state index < -0.39 is 18.5 Å². The van der Waals surface area contributed by atoms with Gasteiger partial charge in [-0.3, -0.25) is 9.46 Å². The second-order valence-corrected chi connectivity index (χ2v) is 9.65. The van der Waals surface area contributed by atoms with Crippen molar-refractivity contribution in [3.8, 4) is 0 Å². The van der Waals surface area contributed by atoms with Crippen molar-refractivity contribution in [2.45, 2.75) is 26.0 Å². The Hall–Kier alpha value is -0.290. The largest absolute Gasteiger partial charge is 0.462 e. The van der Waals surface area contributed by atoms with Gasteiger partial charge in [0.15, 0.2) is 0 Å². The number of ether oxygens (including phenoxy) is 1. The highest BCUT2D eigenvalue weighted by Gasteiger charge is 2.33. The van der Waals surface area contributed by atoms with Crippen molar-refractivity contribution in [1.82, 2.24) is 9.99 Å². The molecule has 1 aliphatic heterocycles. The molecule has 1 fully saturated rings.